The summed E-state index contributed by atoms with van der Waals surface area (Å²) in [4.78, 5) is 11.4. The second-order valence-corrected chi connectivity index (χ2v) is 5.28. The van der Waals surface area contributed by atoms with Crippen LogP contribution in [0.3, 0.4) is 0 Å². The number of ketones is 1. The van der Waals surface area contributed by atoms with Crippen molar-refractivity contribution in [3.63, 3.8) is 0 Å². The lowest BCUT2D eigenvalue weighted by Gasteiger charge is -2.38. The van der Waals surface area contributed by atoms with Crippen molar-refractivity contribution < 1.29 is 4.79 Å². The summed E-state index contributed by atoms with van der Waals surface area (Å²) in [6.07, 6.45) is 4.09. The Kier molecular flexibility index (Phi) is 3.89. The average Bonchev–Trinajstić information content (AvgIpc) is 1.83. The van der Waals surface area contributed by atoms with Crippen molar-refractivity contribution in [2.75, 3.05) is 0 Å². The molecule has 0 atom stereocenters. The van der Waals surface area contributed by atoms with E-state index in [2.05, 4.69) is 34.6 Å². The smallest absolute Gasteiger partial charge is 0.155 e. The molecule has 13 heavy (non-hydrogen) atoms. The second kappa shape index (κ2) is 4.08. The first kappa shape index (κ1) is 12.4. The lowest BCUT2D eigenvalue weighted by atomic mass is 9.67. The van der Waals surface area contributed by atoms with Gasteiger partial charge >= 0.3 is 0 Å². The Labute approximate surface area is 82.2 Å². The lowest BCUT2D eigenvalue weighted by Crippen LogP contribution is -2.31. The van der Waals surface area contributed by atoms with Crippen LogP contribution < -0.4 is 0 Å². The van der Waals surface area contributed by atoms with Gasteiger partial charge in [-0.2, -0.15) is 0 Å². The Balaban J connectivity index is 4.43. The summed E-state index contributed by atoms with van der Waals surface area (Å²) in [7, 11) is 0. The van der Waals surface area contributed by atoms with Crippen LogP contribution in [0.1, 0.15) is 48.0 Å². The standard InChI is InChI=1S/C12H22O/c1-7-8-10(13)9-12(5,6)11(2,3)4/h7-8H,9H2,1-6H3/b8-7+. The van der Waals surface area contributed by atoms with Gasteiger partial charge in [-0.1, -0.05) is 40.7 Å². The molecule has 76 valence electrons. The van der Waals surface area contributed by atoms with E-state index in [-0.39, 0.29) is 16.6 Å². The van der Waals surface area contributed by atoms with E-state index in [1.807, 2.05) is 6.92 Å². The fourth-order valence-corrected chi connectivity index (χ4v) is 0.946. The molecule has 0 aliphatic rings. The van der Waals surface area contributed by atoms with E-state index >= 15 is 0 Å². The van der Waals surface area contributed by atoms with Gasteiger partial charge in [0.05, 0.1) is 0 Å². The third-order valence-electron chi connectivity index (χ3n) is 3.00. The molecule has 0 saturated heterocycles. The van der Waals surface area contributed by atoms with Gasteiger partial charge in [-0.25, -0.2) is 0 Å². The van der Waals surface area contributed by atoms with Gasteiger partial charge in [0, 0.05) is 6.42 Å². The van der Waals surface area contributed by atoms with Crippen molar-refractivity contribution in [3.8, 4) is 0 Å². The lowest BCUT2D eigenvalue weighted by molar-refractivity contribution is -0.118. The molecule has 0 saturated carbocycles. The highest BCUT2D eigenvalue weighted by atomic mass is 16.1. The number of carbonyl (C=O) groups excluding carboxylic acids is 1. The average molecular weight is 182 g/mol. The fraction of sp³-hybridized carbons (Fsp3) is 0.750. The molecule has 0 aromatic heterocycles. The van der Waals surface area contributed by atoms with Crippen molar-refractivity contribution in [3.05, 3.63) is 12.2 Å². The molecule has 0 radical (unpaired) electrons. The minimum Gasteiger partial charge on any atom is -0.295 e. The van der Waals surface area contributed by atoms with Crippen LogP contribution in [0.5, 0.6) is 0 Å². The molecule has 0 amide bonds. The molecule has 0 aliphatic heterocycles. The minimum absolute atomic E-state index is 0.0591. The molecule has 0 heterocycles. The molecule has 0 bridgehead atoms. The van der Waals surface area contributed by atoms with E-state index in [1.165, 1.54) is 0 Å². The van der Waals surface area contributed by atoms with E-state index in [0.717, 1.165) is 0 Å². The molecule has 0 aliphatic carbocycles. The summed E-state index contributed by atoms with van der Waals surface area (Å²) < 4.78 is 0. The molecule has 0 unspecified atom stereocenters. The summed E-state index contributed by atoms with van der Waals surface area (Å²) in [6.45, 7) is 12.7. The van der Waals surface area contributed by atoms with Gasteiger partial charge in [-0.05, 0) is 23.8 Å². The Bertz CT molecular complexity index is 204. The number of carbonyl (C=O) groups is 1. The van der Waals surface area contributed by atoms with Crippen molar-refractivity contribution in [1.82, 2.24) is 0 Å². The molecular weight excluding hydrogens is 160 g/mol. The first-order valence-electron chi connectivity index (χ1n) is 4.86. The zero-order valence-electron chi connectivity index (χ0n) is 9.77. The number of allylic oxidation sites excluding steroid dienone is 2. The van der Waals surface area contributed by atoms with Crippen molar-refractivity contribution >= 4 is 5.78 Å². The zero-order chi connectivity index (χ0) is 10.7. The summed E-state index contributed by atoms with van der Waals surface area (Å²) in [5.41, 5.74) is 0.230. The van der Waals surface area contributed by atoms with Gasteiger partial charge in [0.1, 0.15) is 0 Å². The maximum atomic E-state index is 11.4. The molecule has 1 heteroatoms. The first-order valence-corrected chi connectivity index (χ1v) is 4.86. The maximum absolute atomic E-state index is 11.4. The highest BCUT2D eigenvalue weighted by Gasteiger charge is 2.33. The van der Waals surface area contributed by atoms with Gasteiger partial charge in [-0.3, -0.25) is 4.79 Å². The van der Waals surface area contributed by atoms with E-state index in [4.69, 9.17) is 0 Å². The molecule has 0 fully saturated rings. The molecule has 1 nitrogen and oxygen atoms in total. The Hall–Kier alpha value is -0.590. The summed E-state index contributed by atoms with van der Waals surface area (Å²) in [5.74, 6) is 0.224. The van der Waals surface area contributed by atoms with Crippen molar-refractivity contribution in [2.45, 2.75) is 48.0 Å². The van der Waals surface area contributed by atoms with Crippen LogP contribution in [-0.4, -0.2) is 5.78 Å². The van der Waals surface area contributed by atoms with Gasteiger partial charge < -0.3 is 0 Å². The SMILES string of the molecule is C/C=C/C(=O)CC(C)(C)C(C)(C)C. The Morgan fingerprint density at radius 1 is 1.15 bits per heavy atom. The summed E-state index contributed by atoms with van der Waals surface area (Å²) in [6, 6.07) is 0. The van der Waals surface area contributed by atoms with Crippen molar-refractivity contribution in [1.29, 1.82) is 0 Å². The number of hydrogen-bond acceptors (Lipinski definition) is 1. The minimum atomic E-state index is 0.0591. The molecular formula is C12H22O. The van der Waals surface area contributed by atoms with E-state index in [9.17, 15) is 4.79 Å². The largest absolute Gasteiger partial charge is 0.295 e. The van der Waals surface area contributed by atoms with Crippen LogP contribution >= 0.6 is 0 Å². The quantitative estimate of drug-likeness (QED) is 0.609. The molecule has 0 spiro atoms. The second-order valence-electron chi connectivity index (χ2n) is 5.28. The van der Waals surface area contributed by atoms with Crippen LogP contribution in [0, 0.1) is 10.8 Å². The third-order valence-corrected chi connectivity index (χ3v) is 3.00. The predicted molar refractivity (Wildman–Crippen MR) is 57.7 cm³/mol. The van der Waals surface area contributed by atoms with Crippen LogP contribution in [0.2, 0.25) is 0 Å². The highest BCUT2D eigenvalue weighted by molar-refractivity contribution is 5.90. The van der Waals surface area contributed by atoms with Crippen LogP contribution in [0.15, 0.2) is 12.2 Å². The summed E-state index contributed by atoms with van der Waals surface area (Å²) in [5, 5.41) is 0. The van der Waals surface area contributed by atoms with E-state index in [1.54, 1.807) is 12.2 Å². The number of hydrogen-bond donors (Lipinski definition) is 0. The maximum Gasteiger partial charge on any atom is 0.155 e. The number of rotatable bonds is 3. The monoisotopic (exact) mass is 182 g/mol. The predicted octanol–water partition coefficient (Wildman–Crippen LogP) is 3.59. The summed E-state index contributed by atoms with van der Waals surface area (Å²) >= 11 is 0. The molecule has 0 aromatic rings. The highest BCUT2D eigenvalue weighted by Crippen LogP contribution is 2.40. The van der Waals surface area contributed by atoms with Crippen LogP contribution in [-0.2, 0) is 4.79 Å². The Morgan fingerprint density at radius 3 is 1.92 bits per heavy atom. The van der Waals surface area contributed by atoms with Crippen LogP contribution in [0.25, 0.3) is 0 Å². The molecule has 0 rings (SSSR count). The Morgan fingerprint density at radius 2 is 1.62 bits per heavy atom. The van der Waals surface area contributed by atoms with Gasteiger partial charge in [0.2, 0.25) is 0 Å². The van der Waals surface area contributed by atoms with Crippen LogP contribution in [0.4, 0.5) is 0 Å². The third kappa shape index (κ3) is 3.75. The van der Waals surface area contributed by atoms with Gasteiger partial charge in [0.15, 0.2) is 5.78 Å². The first-order chi connectivity index (χ1) is 5.70. The fourth-order valence-electron chi connectivity index (χ4n) is 0.946. The van der Waals surface area contributed by atoms with E-state index < -0.39 is 0 Å². The van der Waals surface area contributed by atoms with Gasteiger partial charge in [0.25, 0.3) is 0 Å². The van der Waals surface area contributed by atoms with Crippen molar-refractivity contribution in [2.24, 2.45) is 10.8 Å². The molecule has 0 N–H and O–H groups in total. The van der Waals surface area contributed by atoms with E-state index in [0.29, 0.717) is 6.42 Å². The van der Waals surface area contributed by atoms with Gasteiger partial charge in [-0.15, -0.1) is 0 Å². The molecule has 0 aromatic carbocycles. The normalized spacial score (nSPS) is 13.7. The zero-order valence-corrected chi connectivity index (χ0v) is 9.77. The topological polar surface area (TPSA) is 17.1 Å².